The number of fused-ring (bicyclic) bond motifs is 1. The SMILES string of the molecule is COCOC1C[C@H]2CCOC[C@H]2[C@@H]1CO[SiH](C)C. The van der Waals surface area contributed by atoms with Crippen LogP contribution in [0.5, 0.6) is 0 Å². The topological polar surface area (TPSA) is 36.9 Å². The molecule has 2 rings (SSSR count). The second-order valence-electron chi connectivity index (χ2n) is 5.68. The van der Waals surface area contributed by atoms with Gasteiger partial charge in [-0.05, 0) is 37.8 Å². The minimum Gasteiger partial charge on any atom is -0.420 e. The van der Waals surface area contributed by atoms with Crippen molar-refractivity contribution < 1.29 is 18.6 Å². The molecule has 1 aliphatic heterocycles. The van der Waals surface area contributed by atoms with Crippen molar-refractivity contribution in [1.29, 1.82) is 0 Å². The highest BCUT2D eigenvalue weighted by Gasteiger charge is 2.45. The van der Waals surface area contributed by atoms with E-state index in [2.05, 4.69) is 13.1 Å². The maximum Gasteiger partial charge on any atom is 0.170 e. The van der Waals surface area contributed by atoms with Crippen LogP contribution in [0.4, 0.5) is 0 Å². The lowest BCUT2D eigenvalue weighted by Gasteiger charge is -2.30. The highest BCUT2D eigenvalue weighted by Crippen LogP contribution is 2.43. The molecule has 4 nitrogen and oxygen atoms in total. The zero-order chi connectivity index (χ0) is 13.0. The highest BCUT2D eigenvalue weighted by molar-refractivity contribution is 6.48. The molecule has 1 saturated carbocycles. The quantitative estimate of drug-likeness (QED) is 0.545. The van der Waals surface area contributed by atoms with Crippen molar-refractivity contribution in [3.05, 3.63) is 0 Å². The summed E-state index contributed by atoms with van der Waals surface area (Å²) in [6.45, 7) is 7.45. The molecule has 0 radical (unpaired) electrons. The summed E-state index contributed by atoms with van der Waals surface area (Å²) in [6.07, 6.45) is 2.60. The summed E-state index contributed by atoms with van der Waals surface area (Å²) in [5, 5.41) is 0. The van der Waals surface area contributed by atoms with Crippen LogP contribution in [-0.2, 0) is 18.6 Å². The Morgan fingerprint density at radius 1 is 1.33 bits per heavy atom. The molecular formula is C13H26O4Si. The Kier molecular flexibility index (Phi) is 5.63. The second kappa shape index (κ2) is 7.00. The first-order valence-electron chi connectivity index (χ1n) is 7.02. The number of rotatable bonds is 6. The summed E-state index contributed by atoms with van der Waals surface area (Å²) in [5.41, 5.74) is 0. The van der Waals surface area contributed by atoms with Gasteiger partial charge in [-0.2, -0.15) is 0 Å². The van der Waals surface area contributed by atoms with Gasteiger partial charge in [0, 0.05) is 26.2 Å². The summed E-state index contributed by atoms with van der Waals surface area (Å²) in [4.78, 5) is 0. The number of hydrogen-bond donors (Lipinski definition) is 0. The normalized spacial score (nSPS) is 36.0. The second-order valence-corrected chi connectivity index (χ2v) is 8.11. The van der Waals surface area contributed by atoms with Gasteiger partial charge in [-0.3, -0.25) is 0 Å². The van der Waals surface area contributed by atoms with Crippen molar-refractivity contribution in [2.75, 3.05) is 33.7 Å². The first-order chi connectivity index (χ1) is 8.72. The Bertz CT molecular complexity index is 249. The smallest absolute Gasteiger partial charge is 0.170 e. The minimum absolute atomic E-state index is 0.286. The van der Waals surface area contributed by atoms with E-state index in [4.69, 9.17) is 18.6 Å². The summed E-state index contributed by atoms with van der Waals surface area (Å²) < 4.78 is 22.5. The molecular weight excluding hydrogens is 248 g/mol. The molecule has 1 unspecified atom stereocenters. The van der Waals surface area contributed by atoms with Crippen molar-refractivity contribution in [1.82, 2.24) is 0 Å². The van der Waals surface area contributed by atoms with Crippen LogP contribution in [0.25, 0.3) is 0 Å². The average molecular weight is 274 g/mol. The Balaban J connectivity index is 1.93. The molecule has 2 aliphatic rings. The van der Waals surface area contributed by atoms with E-state index >= 15 is 0 Å². The van der Waals surface area contributed by atoms with Gasteiger partial charge in [0.2, 0.25) is 0 Å². The fraction of sp³-hybridized carbons (Fsp3) is 1.00. The van der Waals surface area contributed by atoms with Gasteiger partial charge in [0.1, 0.15) is 6.79 Å². The number of ether oxygens (including phenoxy) is 3. The van der Waals surface area contributed by atoms with Crippen molar-refractivity contribution >= 4 is 9.04 Å². The van der Waals surface area contributed by atoms with Crippen LogP contribution in [0, 0.1) is 17.8 Å². The van der Waals surface area contributed by atoms with E-state index in [1.54, 1.807) is 7.11 Å². The predicted molar refractivity (Wildman–Crippen MR) is 72.1 cm³/mol. The molecule has 0 aromatic carbocycles. The molecule has 1 heterocycles. The lowest BCUT2D eigenvalue weighted by atomic mass is 9.87. The summed E-state index contributed by atoms with van der Waals surface area (Å²) in [6, 6.07) is 0. The van der Waals surface area contributed by atoms with Gasteiger partial charge in [0.15, 0.2) is 9.04 Å². The molecule has 0 aromatic heterocycles. The van der Waals surface area contributed by atoms with E-state index in [-0.39, 0.29) is 6.10 Å². The molecule has 1 saturated heterocycles. The fourth-order valence-electron chi connectivity index (χ4n) is 3.20. The van der Waals surface area contributed by atoms with Gasteiger partial charge in [-0.25, -0.2) is 0 Å². The maximum absolute atomic E-state index is 5.95. The van der Waals surface area contributed by atoms with Crippen molar-refractivity contribution in [3.63, 3.8) is 0 Å². The molecule has 106 valence electrons. The van der Waals surface area contributed by atoms with Gasteiger partial charge in [-0.1, -0.05) is 0 Å². The Morgan fingerprint density at radius 2 is 2.17 bits per heavy atom. The van der Waals surface area contributed by atoms with Crippen molar-refractivity contribution in [3.8, 4) is 0 Å². The van der Waals surface area contributed by atoms with Crippen LogP contribution in [0.15, 0.2) is 0 Å². The van der Waals surface area contributed by atoms with Gasteiger partial charge in [-0.15, -0.1) is 0 Å². The number of hydrogen-bond acceptors (Lipinski definition) is 4. The van der Waals surface area contributed by atoms with Crippen LogP contribution in [-0.4, -0.2) is 48.9 Å². The summed E-state index contributed by atoms with van der Waals surface area (Å²) >= 11 is 0. The van der Waals surface area contributed by atoms with E-state index in [0.717, 1.165) is 32.2 Å². The fourth-order valence-corrected chi connectivity index (χ4v) is 3.81. The molecule has 0 aromatic rings. The Morgan fingerprint density at radius 3 is 2.89 bits per heavy atom. The van der Waals surface area contributed by atoms with Gasteiger partial charge in [0.05, 0.1) is 12.7 Å². The van der Waals surface area contributed by atoms with E-state index < -0.39 is 9.04 Å². The first kappa shape index (κ1) is 14.5. The monoisotopic (exact) mass is 274 g/mol. The standard InChI is InChI=1S/C13H26O4Si/c1-14-9-16-13-6-10-4-5-15-7-11(10)12(13)8-17-18(2)3/h10-13,18H,4-9H2,1-3H3/t10-,11-,12+,13?/m1/s1. The zero-order valence-electron chi connectivity index (χ0n) is 11.8. The van der Waals surface area contributed by atoms with Crippen LogP contribution in [0.1, 0.15) is 12.8 Å². The first-order valence-corrected chi connectivity index (χ1v) is 9.80. The summed E-state index contributed by atoms with van der Waals surface area (Å²) in [7, 11) is 0.720. The van der Waals surface area contributed by atoms with Gasteiger partial charge < -0.3 is 18.6 Å². The largest absolute Gasteiger partial charge is 0.420 e. The third-order valence-electron chi connectivity index (χ3n) is 4.13. The Labute approximate surface area is 112 Å². The molecule has 4 atom stereocenters. The van der Waals surface area contributed by atoms with E-state index in [0.29, 0.717) is 18.6 Å². The maximum atomic E-state index is 5.95. The minimum atomic E-state index is -0.958. The highest BCUT2D eigenvalue weighted by atomic mass is 28.3. The average Bonchev–Trinajstić information content (AvgIpc) is 2.71. The number of methoxy groups -OCH3 is 1. The predicted octanol–water partition coefficient (Wildman–Crippen LogP) is 1.65. The molecule has 2 fully saturated rings. The van der Waals surface area contributed by atoms with Crippen molar-refractivity contribution in [2.24, 2.45) is 17.8 Å². The lowest BCUT2D eigenvalue weighted by Crippen LogP contribution is -2.34. The molecule has 18 heavy (non-hydrogen) atoms. The van der Waals surface area contributed by atoms with Crippen LogP contribution < -0.4 is 0 Å². The van der Waals surface area contributed by atoms with Crippen LogP contribution >= 0.6 is 0 Å². The molecule has 1 aliphatic carbocycles. The summed E-state index contributed by atoms with van der Waals surface area (Å²) in [5.74, 6) is 1.86. The third-order valence-corrected chi connectivity index (χ3v) is 4.99. The van der Waals surface area contributed by atoms with Gasteiger partial charge >= 0.3 is 0 Å². The molecule has 0 N–H and O–H groups in total. The van der Waals surface area contributed by atoms with Crippen LogP contribution in [0.3, 0.4) is 0 Å². The third kappa shape index (κ3) is 3.54. The van der Waals surface area contributed by atoms with Crippen LogP contribution in [0.2, 0.25) is 13.1 Å². The van der Waals surface area contributed by atoms with E-state index in [9.17, 15) is 0 Å². The molecule has 0 spiro atoms. The van der Waals surface area contributed by atoms with Crippen molar-refractivity contribution in [2.45, 2.75) is 32.0 Å². The molecule has 0 amide bonds. The molecule has 5 heteroatoms. The van der Waals surface area contributed by atoms with Gasteiger partial charge in [0.25, 0.3) is 0 Å². The lowest BCUT2D eigenvalue weighted by molar-refractivity contribution is -0.0941. The Hall–Kier alpha value is 0.0569. The zero-order valence-corrected chi connectivity index (χ0v) is 12.9. The van der Waals surface area contributed by atoms with E-state index in [1.807, 2.05) is 0 Å². The van der Waals surface area contributed by atoms with E-state index in [1.165, 1.54) is 6.42 Å². The molecule has 0 bridgehead atoms.